The van der Waals surface area contributed by atoms with Crippen molar-refractivity contribution in [3.8, 4) is 28.2 Å². The average molecular weight is 585 g/mol. The van der Waals surface area contributed by atoms with Gasteiger partial charge in [0.15, 0.2) is 5.43 Å². The number of fused-ring (bicyclic) bond motifs is 2. The number of amides is 3. The van der Waals surface area contributed by atoms with E-state index in [2.05, 4.69) is 5.32 Å². The van der Waals surface area contributed by atoms with Crippen molar-refractivity contribution in [2.75, 3.05) is 6.54 Å². The lowest BCUT2D eigenvalue weighted by Crippen LogP contribution is -2.32. The molecule has 0 fully saturated rings. The number of carboxylic acids is 1. The first-order valence-corrected chi connectivity index (χ1v) is 13.2. The zero-order valence-electron chi connectivity index (χ0n) is 22.5. The second kappa shape index (κ2) is 12.0. The Morgan fingerprint density at radius 2 is 1.60 bits per heavy atom. The summed E-state index contributed by atoms with van der Waals surface area (Å²) in [4.78, 5) is 76.7. The molecule has 12 nitrogen and oxygen atoms in total. The molecule has 3 aliphatic rings. The molecule has 5 rings (SSSR count). The molecular formula is C31H24N2O10. The molecule has 12 heteroatoms. The zero-order chi connectivity index (χ0) is 30.7. The van der Waals surface area contributed by atoms with Crippen LogP contribution in [0.1, 0.15) is 46.4 Å². The van der Waals surface area contributed by atoms with Gasteiger partial charge in [-0.3, -0.25) is 19.2 Å². The molecule has 0 aromatic heterocycles. The molecule has 3 amide bonds. The molecule has 0 radical (unpaired) electrons. The van der Waals surface area contributed by atoms with Crippen LogP contribution in [0.3, 0.4) is 0 Å². The smallest absolute Gasteiger partial charge is 0.336 e. The molecule has 0 atom stereocenters. The van der Waals surface area contributed by atoms with Gasteiger partial charge in [0.25, 0.3) is 17.7 Å². The first kappa shape index (κ1) is 28.7. The van der Waals surface area contributed by atoms with E-state index in [1.807, 2.05) is 0 Å². The molecule has 1 aliphatic carbocycles. The number of carboxylic acid groups (broad SMARTS) is 1. The highest BCUT2D eigenvalue weighted by atomic mass is 16.7. The van der Waals surface area contributed by atoms with Crippen molar-refractivity contribution in [2.24, 2.45) is 0 Å². The monoisotopic (exact) mass is 584 g/mol. The van der Waals surface area contributed by atoms with Crippen LogP contribution in [0.15, 0.2) is 76.0 Å². The third kappa shape index (κ3) is 6.12. The standard InChI is InChI=1S/C31H24N2O10/c34-18-6-9-21-24(15-18)42-25-16-19(35)7-10-22(25)29(21)20-8-5-17(14-23(20)31(40)41)30(39)32-13-3-1-2-4-28(38)43-33-26(36)11-12-27(33)37/h5-12,14-16,34H,1-4,13H2,(H,32,39)(H,40,41). The van der Waals surface area contributed by atoms with Gasteiger partial charge in [0.1, 0.15) is 17.1 Å². The Morgan fingerprint density at radius 3 is 2.35 bits per heavy atom. The molecule has 43 heavy (non-hydrogen) atoms. The number of hydrogen-bond donors (Lipinski definition) is 3. The Balaban J connectivity index is 1.27. The number of hydroxylamine groups is 2. The van der Waals surface area contributed by atoms with Gasteiger partial charge in [-0.05, 0) is 54.8 Å². The molecule has 2 heterocycles. The van der Waals surface area contributed by atoms with Gasteiger partial charge in [-0.15, -0.1) is 0 Å². The summed E-state index contributed by atoms with van der Waals surface area (Å²) in [6.07, 6.45) is 3.42. The maximum absolute atomic E-state index is 12.8. The third-order valence-electron chi connectivity index (χ3n) is 6.76. The van der Waals surface area contributed by atoms with Crippen molar-refractivity contribution in [3.05, 3.63) is 88.1 Å². The van der Waals surface area contributed by atoms with Crippen LogP contribution in [-0.4, -0.2) is 51.5 Å². The molecule has 0 bridgehead atoms. The van der Waals surface area contributed by atoms with Gasteiger partial charge in [-0.25, -0.2) is 9.59 Å². The number of aromatic hydroxyl groups is 1. The van der Waals surface area contributed by atoms with Gasteiger partial charge >= 0.3 is 11.9 Å². The van der Waals surface area contributed by atoms with E-state index in [4.69, 9.17) is 9.25 Å². The number of carbonyl (C=O) groups is 5. The summed E-state index contributed by atoms with van der Waals surface area (Å²) in [5, 5.41) is 23.7. The van der Waals surface area contributed by atoms with E-state index in [9.17, 15) is 39.0 Å². The van der Waals surface area contributed by atoms with Gasteiger partial charge < -0.3 is 24.8 Å². The van der Waals surface area contributed by atoms with Crippen LogP contribution in [0, 0.1) is 0 Å². The fourth-order valence-corrected chi connectivity index (χ4v) is 4.73. The van der Waals surface area contributed by atoms with Gasteiger partial charge in [-0.1, -0.05) is 17.6 Å². The number of phenolic OH excluding ortho intramolecular Hbond substituents is 1. The van der Waals surface area contributed by atoms with Crippen LogP contribution in [0.25, 0.3) is 33.4 Å². The number of aromatic carboxylic acids is 1. The Morgan fingerprint density at radius 1 is 0.860 bits per heavy atom. The molecule has 218 valence electrons. The van der Waals surface area contributed by atoms with E-state index in [0.717, 1.165) is 12.2 Å². The summed E-state index contributed by atoms with van der Waals surface area (Å²) in [5.74, 6) is -3.80. The number of unbranched alkanes of at least 4 members (excludes halogenated alkanes) is 2. The van der Waals surface area contributed by atoms with Gasteiger partial charge in [0, 0.05) is 59.3 Å². The third-order valence-corrected chi connectivity index (χ3v) is 6.76. The Bertz CT molecular complexity index is 1840. The number of imide groups is 1. The number of benzene rings is 3. The van der Waals surface area contributed by atoms with Gasteiger partial charge in [0.2, 0.25) is 0 Å². The maximum atomic E-state index is 12.8. The number of hydrogen-bond acceptors (Lipinski definition) is 9. The van der Waals surface area contributed by atoms with Crippen molar-refractivity contribution >= 4 is 40.6 Å². The van der Waals surface area contributed by atoms with E-state index < -0.39 is 29.7 Å². The number of nitrogens with one attached hydrogen (secondary N) is 1. The van der Waals surface area contributed by atoms with Crippen LogP contribution in [0.4, 0.5) is 0 Å². The van der Waals surface area contributed by atoms with Crippen molar-refractivity contribution in [2.45, 2.75) is 25.7 Å². The number of phenols is 1. The highest BCUT2D eigenvalue weighted by Gasteiger charge is 2.28. The molecule has 0 saturated heterocycles. The minimum Gasteiger partial charge on any atom is -0.508 e. The van der Waals surface area contributed by atoms with Crippen LogP contribution in [0.2, 0.25) is 0 Å². The number of carbonyl (C=O) groups excluding carboxylic acids is 4. The topological polar surface area (TPSA) is 181 Å². The number of nitrogens with zero attached hydrogens (tertiary/aromatic N) is 1. The summed E-state index contributed by atoms with van der Waals surface area (Å²) >= 11 is 0. The molecule has 0 saturated carbocycles. The van der Waals surface area contributed by atoms with E-state index in [1.165, 1.54) is 48.5 Å². The minimum atomic E-state index is -1.27. The first-order chi connectivity index (χ1) is 20.6. The van der Waals surface area contributed by atoms with Gasteiger partial charge in [-0.2, -0.15) is 0 Å². The maximum Gasteiger partial charge on any atom is 0.336 e. The van der Waals surface area contributed by atoms with Gasteiger partial charge in [0.05, 0.1) is 5.56 Å². The molecule has 0 spiro atoms. The molecule has 2 aromatic rings. The lowest BCUT2D eigenvalue weighted by atomic mass is 9.90. The summed E-state index contributed by atoms with van der Waals surface area (Å²) in [6, 6.07) is 12.8. The van der Waals surface area contributed by atoms with Crippen LogP contribution < -0.4 is 10.7 Å². The summed E-state index contributed by atoms with van der Waals surface area (Å²) < 4.78 is 5.83. The number of rotatable bonds is 10. The highest BCUT2D eigenvalue weighted by Crippen LogP contribution is 2.42. The normalized spacial score (nSPS) is 12.7. The summed E-state index contributed by atoms with van der Waals surface area (Å²) in [5.41, 5.74) is 1.15. The van der Waals surface area contributed by atoms with Crippen molar-refractivity contribution in [1.29, 1.82) is 0 Å². The first-order valence-electron chi connectivity index (χ1n) is 13.2. The Kier molecular flexibility index (Phi) is 8.01. The lowest BCUT2D eigenvalue weighted by Gasteiger charge is -2.17. The molecule has 2 aliphatic heterocycles. The van der Waals surface area contributed by atoms with Crippen LogP contribution >= 0.6 is 0 Å². The van der Waals surface area contributed by atoms with Crippen molar-refractivity contribution < 1.29 is 43.4 Å². The average Bonchev–Trinajstić information content (AvgIpc) is 3.29. The highest BCUT2D eigenvalue weighted by molar-refractivity contribution is 6.12. The van der Waals surface area contributed by atoms with Crippen molar-refractivity contribution in [3.63, 3.8) is 0 Å². The molecule has 2 aromatic carbocycles. The second-order valence-electron chi connectivity index (χ2n) is 9.72. The van der Waals surface area contributed by atoms with E-state index >= 15 is 0 Å². The lowest BCUT2D eigenvalue weighted by molar-refractivity contribution is -0.196. The fraction of sp³-hybridized carbons (Fsp3) is 0.161. The van der Waals surface area contributed by atoms with Crippen LogP contribution in [-0.2, 0) is 19.2 Å². The van der Waals surface area contributed by atoms with Crippen LogP contribution in [0.5, 0.6) is 5.75 Å². The quantitative estimate of drug-likeness (QED) is 0.141. The minimum absolute atomic E-state index is 0.0275. The molecule has 0 unspecified atom stereocenters. The largest absolute Gasteiger partial charge is 0.508 e. The van der Waals surface area contributed by atoms with E-state index in [1.54, 1.807) is 6.07 Å². The van der Waals surface area contributed by atoms with Crippen molar-refractivity contribution in [1.82, 2.24) is 10.4 Å². The SMILES string of the molecule is O=C(CCCCCNC(=O)c1ccc(-c2c3ccc(=O)cc-3oc3cc(O)ccc23)c(C(=O)O)c1)ON1C(=O)C=CC1=O. The second-order valence-corrected chi connectivity index (χ2v) is 9.72. The summed E-state index contributed by atoms with van der Waals surface area (Å²) in [7, 11) is 0. The predicted molar refractivity (Wildman–Crippen MR) is 151 cm³/mol. The van der Waals surface area contributed by atoms with E-state index in [-0.39, 0.29) is 46.6 Å². The van der Waals surface area contributed by atoms with E-state index in [0.29, 0.717) is 46.4 Å². The predicted octanol–water partition coefficient (Wildman–Crippen LogP) is 3.64. The molecule has 3 N–H and O–H groups in total. The summed E-state index contributed by atoms with van der Waals surface area (Å²) in [6.45, 7) is 0.252. The Labute approximate surface area is 243 Å². The fourth-order valence-electron chi connectivity index (χ4n) is 4.73. The zero-order valence-corrected chi connectivity index (χ0v) is 22.5. The Hall–Kier alpha value is -5.78. The molecular weight excluding hydrogens is 560 g/mol.